The zero-order chi connectivity index (χ0) is 19.6. The number of thiazole rings is 1. The highest BCUT2D eigenvalue weighted by atomic mass is 32.1. The quantitative estimate of drug-likeness (QED) is 0.646. The van der Waals surface area contributed by atoms with Crippen LogP contribution in [0.3, 0.4) is 0 Å². The van der Waals surface area contributed by atoms with Crippen molar-refractivity contribution in [2.24, 2.45) is 5.92 Å². The van der Waals surface area contributed by atoms with Gasteiger partial charge >= 0.3 is 11.9 Å². The van der Waals surface area contributed by atoms with Crippen LogP contribution in [0.15, 0.2) is 23.6 Å². The predicted octanol–water partition coefficient (Wildman–Crippen LogP) is 2.86. The van der Waals surface area contributed by atoms with Crippen LogP contribution in [0.1, 0.15) is 25.8 Å². The summed E-state index contributed by atoms with van der Waals surface area (Å²) < 4.78 is 4.38. The lowest BCUT2D eigenvalue weighted by Gasteiger charge is -2.31. The number of hydrogen-bond donors (Lipinski definition) is 1. The Balaban J connectivity index is 1.82. The van der Waals surface area contributed by atoms with Gasteiger partial charge in [-0.2, -0.15) is 0 Å². The monoisotopic (exact) mass is 387 g/mol. The van der Waals surface area contributed by atoms with Crippen LogP contribution in [-0.4, -0.2) is 36.4 Å². The van der Waals surface area contributed by atoms with Gasteiger partial charge in [0.1, 0.15) is 0 Å². The summed E-state index contributed by atoms with van der Waals surface area (Å²) >= 11 is 1.23. The molecule has 3 rings (SSSR count). The molecule has 1 aromatic carbocycles. The van der Waals surface area contributed by atoms with Crippen LogP contribution < -0.4 is 10.2 Å². The first kappa shape index (κ1) is 19.0. The second-order valence-electron chi connectivity index (χ2n) is 6.58. The summed E-state index contributed by atoms with van der Waals surface area (Å²) in [5.41, 5.74) is 3.68. The van der Waals surface area contributed by atoms with Gasteiger partial charge in [0.15, 0.2) is 5.13 Å². The number of anilines is 2. The minimum Gasteiger partial charge on any atom is -0.462 e. The van der Waals surface area contributed by atoms with Crippen LogP contribution in [0.25, 0.3) is 11.3 Å². The van der Waals surface area contributed by atoms with Gasteiger partial charge in [0, 0.05) is 29.1 Å². The molecule has 0 atom stereocenters. The summed E-state index contributed by atoms with van der Waals surface area (Å²) in [7, 11) is 1.15. The molecule has 27 heavy (non-hydrogen) atoms. The summed E-state index contributed by atoms with van der Waals surface area (Å²) in [6.45, 7) is 4.55. The third-order valence-corrected chi connectivity index (χ3v) is 5.11. The number of carbonyl (C=O) groups is 3. The Morgan fingerprint density at radius 2 is 2.07 bits per heavy atom. The fourth-order valence-corrected chi connectivity index (χ4v) is 3.72. The summed E-state index contributed by atoms with van der Waals surface area (Å²) in [6, 6.07) is 5.91. The molecule has 8 heteroatoms. The topological polar surface area (TPSA) is 88.6 Å². The first-order valence-corrected chi connectivity index (χ1v) is 9.58. The largest absolute Gasteiger partial charge is 0.462 e. The van der Waals surface area contributed by atoms with Crippen molar-refractivity contribution in [3.8, 4) is 11.3 Å². The summed E-state index contributed by atoms with van der Waals surface area (Å²) in [4.78, 5) is 41.4. The normalized spacial score (nSPS) is 13.3. The first-order valence-electron chi connectivity index (χ1n) is 8.70. The number of nitrogens with zero attached hydrogens (tertiary/aromatic N) is 2. The van der Waals surface area contributed by atoms with Crippen LogP contribution >= 0.6 is 11.3 Å². The van der Waals surface area contributed by atoms with Crippen molar-refractivity contribution < 1.29 is 19.1 Å². The molecular weight excluding hydrogens is 366 g/mol. The number of nitrogens with one attached hydrogen (secondary N) is 1. The zero-order valence-corrected chi connectivity index (χ0v) is 16.3. The van der Waals surface area contributed by atoms with Crippen molar-refractivity contribution in [2.45, 2.75) is 26.7 Å². The van der Waals surface area contributed by atoms with Crippen LogP contribution in [0, 0.1) is 5.92 Å². The smallest absolute Gasteiger partial charge is 0.396 e. The van der Waals surface area contributed by atoms with E-state index in [0.717, 1.165) is 43.3 Å². The molecule has 1 aromatic heterocycles. The molecule has 0 saturated carbocycles. The van der Waals surface area contributed by atoms with Crippen molar-refractivity contribution in [3.05, 3.63) is 29.1 Å². The minimum atomic E-state index is -0.963. The number of carbonyl (C=O) groups excluding carboxylic acids is 3. The van der Waals surface area contributed by atoms with E-state index >= 15 is 0 Å². The molecule has 2 aromatic rings. The zero-order valence-electron chi connectivity index (χ0n) is 15.4. The lowest BCUT2D eigenvalue weighted by atomic mass is 9.97. The van der Waals surface area contributed by atoms with E-state index in [2.05, 4.69) is 15.0 Å². The number of benzene rings is 1. The third-order valence-electron chi connectivity index (χ3n) is 4.35. The number of fused-ring (bicyclic) bond motifs is 1. The van der Waals surface area contributed by atoms with Gasteiger partial charge in [0.2, 0.25) is 5.91 Å². The molecule has 2 amide bonds. The molecule has 0 bridgehead atoms. The maximum absolute atomic E-state index is 12.4. The van der Waals surface area contributed by atoms with Crippen molar-refractivity contribution in [2.75, 3.05) is 23.9 Å². The lowest BCUT2D eigenvalue weighted by molar-refractivity contribution is -0.150. The SMILES string of the molecule is COC(=O)C(=O)Nc1nc(-c2ccc3c(c2)CCCN3C(=O)C(C)C)cs1. The van der Waals surface area contributed by atoms with Gasteiger partial charge in [-0.1, -0.05) is 19.9 Å². The number of amides is 2. The Hall–Kier alpha value is -2.74. The Morgan fingerprint density at radius 3 is 2.78 bits per heavy atom. The minimum absolute atomic E-state index is 0.0462. The van der Waals surface area contributed by atoms with E-state index in [1.165, 1.54) is 11.3 Å². The van der Waals surface area contributed by atoms with Crippen molar-refractivity contribution in [1.82, 2.24) is 4.98 Å². The Labute approximate surface area is 161 Å². The number of esters is 1. The number of rotatable bonds is 3. The van der Waals surface area contributed by atoms with E-state index in [4.69, 9.17) is 0 Å². The van der Waals surface area contributed by atoms with Gasteiger partial charge in [0.25, 0.3) is 0 Å². The molecule has 1 aliphatic rings. The highest BCUT2D eigenvalue weighted by Crippen LogP contribution is 2.33. The van der Waals surface area contributed by atoms with Crippen molar-refractivity contribution in [1.29, 1.82) is 0 Å². The second kappa shape index (κ2) is 7.87. The number of ether oxygens (including phenoxy) is 1. The third kappa shape index (κ3) is 4.00. The summed E-state index contributed by atoms with van der Waals surface area (Å²) in [6.07, 6.45) is 1.83. The maximum Gasteiger partial charge on any atom is 0.396 e. The number of aromatic nitrogens is 1. The van der Waals surface area contributed by atoms with Crippen molar-refractivity contribution in [3.63, 3.8) is 0 Å². The van der Waals surface area contributed by atoms with E-state index in [-0.39, 0.29) is 11.8 Å². The molecule has 7 nitrogen and oxygen atoms in total. The molecule has 2 heterocycles. The number of hydrogen-bond acceptors (Lipinski definition) is 6. The molecule has 0 fully saturated rings. The van der Waals surface area contributed by atoms with Gasteiger partial charge in [0.05, 0.1) is 12.8 Å². The van der Waals surface area contributed by atoms with E-state index in [1.54, 1.807) is 0 Å². The molecule has 0 aliphatic carbocycles. The van der Waals surface area contributed by atoms with Crippen LogP contribution in [0.5, 0.6) is 0 Å². The molecule has 0 spiro atoms. The van der Waals surface area contributed by atoms with E-state index in [0.29, 0.717) is 10.8 Å². The standard InChI is InChI=1S/C19H21N3O4S/c1-11(2)17(24)22-8-4-5-13-9-12(6-7-15(13)22)14-10-27-19(20-14)21-16(23)18(25)26-3/h6-7,9-11H,4-5,8H2,1-3H3,(H,20,21,23). The van der Waals surface area contributed by atoms with E-state index in [1.807, 2.05) is 42.3 Å². The first-order chi connectivity index (χ1) is 12.9. The molecule has 0 radical (unpaired) electrons. The average Bonchev–Trinajstić information content (AvgIpc) is 3.14. The molecular formula is C19H21N3O4S. The second-order valence-corrected chi connectivity index (χ2v) is 7.43. The Morgan fingerprint density at radius 1 is 1.30 bits per heavy atom. The summed E-state index contributed by atoms with van der Waals surface area (Å²) in [5, 5.41) is 4.56. The van der Waals surface area contributed by atoms with Gasteiger partial charge in [-0.15, -0.1) is 11.3 Å². The van der Waals surface area contributed by atoms with Crippen molar-refractivity contribution >= 4 is 39.9 Å². The van der Waals surface area contributed by atoms with Gasteiger partial charge < -0.3 is 9.64 Å². The maximum atomic E-state index is 12.4. The molecule has 1 N–H and O–H groups in total. The van der Waals surface area contributed by atoms with Crippen LogP contribution in [0.4, 0.5) is 10.8 Å². The van der Waals surface area contributed by atoms with Crippen LogP contribution in [0.2, 0.25) is 0 Å². The fourth-order valence-electron chi connectivity index (χ4n) is 3.00. The fraction of sp³-hybridized carbons (Fsp3) is 0.368. The molecule has 1 aliphatic heterocycles. The number of methoxy groups -OCH3 is 1. The van der Waals surface area contributed by atoms with Crippen LogP contribution in [-0.2, 0) is 25.5 Å². The highest BCUT2D eigenvalue weighted by molar-refractivity contribution is 7.14. The number of aryl methyl sites for hydroxylation is 1. The average molecular weight is 387 g/mol. The van der Waals surface area contributed by atoms with Gasteiger partial charge in [-0.25, -0.2) is 9.78 Å². The Kier molecular flexibility index (Phi) is 5.55. The van der Waals surface area contributed by atoms with E-state index < -0.39 is 11.9 Å². The predicted molar refractivity (Wildman–Crippen MR) is 104 cm³/mol. The highest BCUT2D eigenvalue weighted by Gasteiger charge is 2.25. The molecule has 142 valence electrons. The van der Waals surface area contributed by atoms with E-state index in [9.17, 15) is 14.4 Å². The Bertz CT molecular complexity index is 891. The lowest BCUT2D eigenvalue weighted by Crippen LogP contribution is -2.38. The molecule has 0 saturated heterocycles. The summed E-state index contributed by atoms with van der Waals surface area (Å²) in [5.74, 6) is -1.73. The molecule has 0 unspecified atom stereocenters. The van der Waals surface area contributed by atoms with Gasteiger partial charge in [-0.3, -0.25) is 14.9 Å². The van der Waals surface area contributed by atoms with Gasteiger partial charge in [-0.05, 0) is 30.5 Å².